The molecular formula is C15H17O5P. The number of esters is 1. The van der Waals surface area contributed by atoms with E-state index < -0.39 is 13.6 Å². The van der Waals surface area contributed by atoms with E-state index in [9.17, 15) is 9.36 Å². The van der Waals surface area contributed by atoms with Crippen LogP contribution >= 0.6 is 7.60 Å². The Morgan fingerprint density at radius 3 is 2.52 bits per heavy atom. The van der Waals surface area contributed by atoms with Gasteiger partial charge in [-0.3, -0.25) is 9.36 Å². The van der Waals surface area contributed by atoms with Crippen LogP contribution in [0.4, 0.5) is 0 Å². The van der Waals surface area contributed by atoms with Crippen LogP contribution in [0.5, 0.6) is 0 Å². The van der Waals surface area contributed by atoms with Crippen molar-refractivity contribution < 1.29 is 23.9 Å². The minimum Gasteiger partial charge on any atom is -0.465 e. The molecule has 2 aromatic rings. The molecule has 0 spiro atoms. The number of fused-ring (bicyclic) bond motifs is 1. The molecule has 2 N–H and O–H groups in total. The maximum atomic E-state index is 11.7. The van der Waals surface area contributed by atoms with Crippen molar-refractivity contribution in [2.24, 2.45) is 0 Å². The molecule has 0 aliphatic carbocycles. The van der Waals surface area contributed by atoms with Crippen LogP contribution in [0.15, 0.2) is 42.5 Å². The minimum atomic E-state index is -4.01. The third-order valence-corrected chi connectivity index (χ3v) is 3.92. The summed E-state index contributed by atoms with van der Waals surface area (Å²) in [5, 5.41) is 2.17. The van der Waals surface area contributed by atoms with E-state index in [0.717, 1.165) is 16.3 Å². The van der Waals surface area contributed by atoms with Gasteiger partial charge in [-0.05, 0) is 22.8 Å². The first-order valence-electron chi connectivity index (χ1n) is 6.62. The van der Waals surface area contributed by atoms with Gasteiger partial charge in [-0.15, -0.1) is 0 Å². The fourth-order valence-electron chi connectivity index (χ4n) is 2.02. The lowest BCUT2D eigenvalue weighted by molar-refractivity contribution is -0.142. The van der Waals surface area contributed by atoms with Gasteiger partial charge in [0.25, 0.3) is 0 Å². The molecule has 0 amide bonds. The fourth-order valence-corrected chi connectivity index (χ4v) is 2.56. The molecule has 0 bridgehead atoms. The van der Waals surface area contributed by atoms with Gasteiger partial charge in [-0.2, -0.15) is 0 Å². The topological polar surface area (TPSA) is 83.8 Å². The molecule has 0 aliphatic heterocycles. The van der Waals surface area contributed by atoms with E-state index in [4.69, 9.17) is 14.5 Å². The van der Waals surface area contributed by atoms with Crippen LogP contribution in [-0.4, -0.2) is 28.5 Å². The predicted octanol–water partition coefficient (Wildman–Crippen LogP) is 2.49. The Morgan fingerprint density at radius 1 is 1.10 bits per heavy atom. The molecule has 6 heteroatoms. The van der Waals surface area contributed by atoms with E-state index in [-0.39, 0.29) is 25.6 Å². The number of hydrogen-bond acceptors (Lipinski definition) is 3. The SMILES string of the molecule is O=C(Cc1ccc2ccccc2c1)OCCCP(=O)(O)O. The van der Waals surface area contributed by atoms with Crippen LogP contribution in [0.3, 0.4) is 0 Å². The monoisotopic (exact) mass is 308 g/mol. The molecule has 0 aromatic heterocycles. The summed E-state index contributed by atoms with van der Waals surface area (Å²) >= 11 is 0. The molecule has 0 radical (unpaired) electrons. The van der Waals surface area contributed by atoms with Gasteiger partial charge >= 0.3 is 13.6 Å². The maximum Gasteiger partial charge on any atom is 0.325 e. The van der Waals surface area contributed by atoms with Crippen LogP contribution in [-0.2, 0) is 20.5 Å². The Morgan fingerprint density at radius 2 is 1.81 bits per heavy atom. The second-order valence-electron chi connectivity index (χ2n) is 4.82. The van der Waals surface area contributed by atoms with Crippen LogP contribution in [0.1, 0.15) is 12.0 Å². The highest BCUT2D eigenvalue weighted by Crippen LogP contribution is 2.34. The van der Waals surface area contributed by atoms with Crippen molar-refractivity contribution in [3.05, 3.63) is 48.0 Å². The highest BCUT2D eigenvalue weighted by molar-refractivity contribution is 7.51. The molecule has 2 aromatic carbocycles. The quantitative estimate of drug-likeness (QED) is 0.486. The van der Waals surface area contributed by atoms with E-state index in [1.54, 1.807) is 0 Å². The predicted molar refractivity (Wildman–Crippen MR) is 80.1 cm³/mol. The molecule has 2 rings (SSSR count). The average Bonchev–Trinajstić information content (AvgIpc) is 2.42. The zero-order valence-electron chi connectivity index (χ0n) is 11.4. The molecular weight excluding hydrogens is 291 g/mol. The number of carbonyl (C=O) groups excluding carboxylic acids is 1. The third-order valence-electron chi connectivity index (χ3n) is 3.02. The maximum absolute atomic E-state index is 11.7. The summed E-state index contributed by atoms with van der Waals surface area (Å²) < 4.78 is 15.6. The number of rotatable bonds is 6. The van der Waals surface area contributed by atoms with Crippen LogP contribution < -0.4 is 0 Å². The summed E-state index contributed by atoms with van der Waals surface area (Å²) in [7, 11) is -4.01. The number of hydrogen-bond donors (Lipinski definition) is 2. The highest BCUT2D eigenvalue weighted by atomic mass is 31.2. The first kappa shape index (κ1) is 15.7. The molecule has 0 fully saturated rings. The normalized spacial score (nSPS) is 11.5. The van der Waals surface area contributed by atoms with E-state index in [2.05, 4.69) is 0 Å². The van der Waals surface area contributed by atoms with Crippen molar-refractivity contribution in [2.45, 2.75) is 12.8 Å². The summed E-state index contributed by atoms with van der Waals surface area (Å²) in [6.45, 7) is 0.0253. The third kappa shape index (κ3) is 5.31. The van der Waals surface area contributed by atoms with E-state index in [0.29, 0.717) is 0 Å². The van der Waals surface area contributed by atoms with Gasteiger partial charge in [-0.25, -0.2) is 0 Å². The summed E-state index contributed by atoms with van der Waals surface area (Å²) in [4.78, 5) is 29.0. The zero-order chi connectivity index (χ0) is 15.3. The molecule has 112 valence electrons. The second-order valence-corrected chi connectivity index (χ2v) is 6.60. The lowest BCUT2D eigenvalue weighted by Gasteiger charge is -2.07. The van der Waals surface area contributed by atoms with Gasteiger partial charge in [0.15, 0.2) is 0 Å². The van der Waals surface area contributed by atoms with Crippen LogP contribution in [0.2, 0.25) is 0 Å². The largest absolute Gasteiger partial charge is 0.465 e. The Labute approximate surface area is 122 Å². The lowest BCUT2D eigenvalue weighted by Crippen LogP contribution is -2.10. The minimum absolute atomic E-state index is 0.0253. The Hall–Kier alpha value is -1.68. The van der Waals surface area contributed by atoms with Crippen molar-refractivity contribution in [2.75, 3.05) is 12.8 Å². The van der Waals surface area contributed by atoms with Crippen molar-refractivity contribution >= 4 is 24.3 Å². The van der Waals surface area contributed by atoms with Crippen molar-refractivity contribution in [1.82, 2.24) is 0 Å². The number of ether oxygens (including phenoxy) is 1. The average molecular weight is 308 g/mol. The summed E-state index contributed by atoms with van der Waals surface area (Å²) in [6, 6.07) is 13.6. The summed E-state index contributed by atoms with van der Waals surface area (Å²) in [5.41, 5.74) is 0.855. The summed E-state index contributed by atoms with van der Waals surface area (Å²) in [5.74, 6) is -0.393. The lowest BCUT2D eigenvalue weighted by atomic mass is 10.1. The summed E-state index contributed by atoms with van der Waals surface area (Å²) in [6.07, 6.45) is 0.0464. The van der Waals surface area contributed by atoms with E-state index in [1.165, 1.54) is 0 Å². The van der Waals surface area contributed by atoms with Gasteiger partial charge in [0.05, 0.1) is 19.2 Å². The van der Waals surface area contributed by atoms with Gasteiger partial charge in [-0.1, -0.05) is 42.5 Å². The smallest absolute Gasteiger partial charge is 0.325 e. The number of benzene rings is 2. The van der Waals surface area contributed by atoms with Crippen LogP contribution in [0.25, 0.3) is 10.8 Å². The van der Waals surface area contributed by atoms with Crippen molar-refractivity contribution in [3.8, 4) is 0 Å². The Balaban J connectivity index is 1.85. The highest BCUT2D eigenvalue weighted by Gasteiger charge is 2.12. The van der Waals surface area contributed by atoms with Crippen molar-refractivity contribution in [1.29, 1.82) is 0 Å². The Bertz CT molecular complexity index is 677. The zero-order valence-corrected chi connectivity index (χ0v) is 12.3. The van der Waals surface area contributed by atoms with E-state index >= 15 is 0 Å². The molecule has 0 saturated carbocycles. The standard InChI is InChI=1S/C15H17O5P/c16-15(20-8-3-9-21(17,18)19)11-12-6-7-13-4-1-2-5-14(13)10-12/h1-2,4-7,10H,3,8-9,11H2,(H2,17,18,19). The first-order chi connectivity index (χ1) is 9.94. The molecule has 0 heterocycles. The molecule has 5 nitrogen and oxygen atoms in total. The van der Waals surface area contributed by atoms with Gasteiger partial charge in [0.1, 0.15) is 0 Å². The second kappa shape index (κ2) is 6.85. The van der Waals surface area contributed by atoms with Gasteiger partial charge in [0.2, 0.25) is 0 Å². The van der Waals surface area contributed by atoms with Gasteiger partial charge in [0, 0.05) is 0 Å². The first-order valence-corrected chi connectivity index (χ1v) is 8.42. The number of carbonyl (C=O) groups is 1. The van der Waals surface area contributed by atoms with E-state index in [1.807, 2.05) is 42.5 Å². The Kier molecular flexibility index (Phi) is 5.12. The molecule has 21 heavy (non-hydrogen) atoms. The van der Waals surface area contributed by atoms with Crippen LogP contribution in [0, 0.1) is 0 Å². The molecule has 0 unspecified atom stereocenters. The van der Waals surface area contributed by atoms with Gasteiger partial charge < -0.3 is 14.5 Å². The van der Waals surface area contributed by atoms with Crippen molar-refractivity contribution in [3.63, 3.8) is 0 Å². The molecule has 0 aliphatic rings. The molecule has 0 atom stereocenters. The molecule has 0 saturated heterocycles. The fraction of sp³-hybridized carbons (Fsp3) is 0.267.